The molecule has 2 aromatic carbocycles. The number of para-hydroxylation sites is 1. The van der Waals surface area contributed by atoms with Gasteiger partial charge in [0.05, 0.1) is 6.54 Å². The van der Waals surface area contributed by atoms with Crippen LogP contribution in [0.4, 0.5) is 5.69 Å². The third-order valence-electron chi connectivity index (χ3n) is 3.33. The highest BCUT2D eigenvalue weighted by atomic mass is 127. The molecule has 26 heavy (non-hydrogen) atoms. The Bertz CT molecular complexity index is 746. The van der Waals surface area contributed by atoms with Gasteiger partial charge in [-0.1, -0.05) is 24.3 Å². The van der Waals surface area contributed by atoms with Crippen molar-refractivity contribution in [3.63, 3.8) is 0 Å². The molecule has 0 aliphatic carbocycles. The molecule has 2 aromatic rings. The Kier molecular flexibility index (Phi) is 9.07. The molecule has 0 fully saturated rings. The number of rotatable bonds is 6. The minimum absolute atomic E-state index is 0. The molecule has 0 saturated carbocycles. The Morgan fingerprint density at radius 2 is 1.77 bits per heavy atom. The lowest BCUT2D eigenvalue weighted by atomic mass is 10.3. The molecule has 0 saturated heterocycles. The summed E-state index contributed by atoms with van der Waals surface area (Å²) in [4.78, 5) is 4.24. The summed E-state index contributed by atoms with van der Waals surface area (Å²) in [6.45, 7) is 6.27. The number of anilines is 1. The van der Waals surface area contributed by atoms with E-state index in [2.05, 4.69) is 10.3 Å². The van der Waals surface area contributed by atoms with Gasteiger partial charge in [0, 0.05) is 33.1 Å². The van der Waals surface area contributed by atoms with Crippen LogP contribution in [0.1, 0.15) is 20.8 Å². The SMILES string of the molecule is CC(C)(C)S(=O)CCN=C(N)Nc1cccc(Oc2ccccc2)c1.I. The van der Waals surface area contributed by atoms with Gasteiger partial charge in [-0.05, 0) is 45.0 Å². The van der Waals surface area contributed by atoms with Crippen LogP contribution in [0.15, 0.2) is 59.6 Å². The second kappa shape index (κ2) is 10.5. The van der Waals surface area contributed by atoms with E-state index in [-0.39, 0.29) is 28.7 Å². The van der Waals surface area contributed by atoms with Crippen molar-refractivity contribution in [1.29, 1.82) is 0 Å². The smallest absolute Gasteiger partial charge is 0.193 e. The third kappa shape index (κ3) is 7.74. The number of hydrogen-bond acceptors (Lipinski definition) is 3. The van der Waals surface area contributed by atoms with Crippen LogP contribution in [0, 0.1) is 0 Å². The van der Waals surface area contributed by atoms with Crippen molar-refractivity contribution in [1.82, 2.24) is 0 Å². The van der Waals surface area contributed by atoms with E-state index >= 15 is 0 Å². The molecule has 0 amide bonds. The Morgan fingerprint density at radius 3 is 2.42 bits per heavy atom. The largest absolute Gasteiger partial charge is 0.457 e. The topological polar surface area (TPSA) is 76.7 Å². The molecular weight excluding hydrogens is 461 g/mol. The average molecular weight is 487 g/mol. The number of nitrogens with one attached hydrogen (secondary N) is 1. The molecule has 0 aliphatic heterocycles. The first-order chi connectivity index (χ1) is 11.8. The summed E-state index contributed by atoms with van der Waals surface area (Å²) in [6.07, 6.45) is 0. The first kappa shape index (κ1) is 22.4. The van der Waals surface area contributed by atoms with Crippen molar-refractivity contribution in [2.24, 2.45) is 10.7 Å². The Labute approximate surface area is 174 Å². The van der Waals surface area contributed by atoms with Gasteiger partial charge in [-0.3, -0.25) is 9.20 Å². The molecule has 1 atom stereocenters. The molecule has 7 heteroatoms. The van der Waals surface area contributed by atoms with Crippen LogP contribution < -0.4 is 15.8 Å². The van der Waals surface area contributed by atoms with Gasteiger partial charge in [-0.25, -0.2) is 0 Å². The lowest BCUT2D eigenvalue weighted by Gasteiger charge is -2.16. The van der Waals surface area contributed by atoms with E-state index in [1.807, 2.05) is 75.4 Å². The summed E-state index contributed by atoms with van der Waals surface area (Å²) in [5.74, 6) is 2.26. The van der Waals surface area contributed by atoms with Crippen molar-refractivity contribution in [3.8, 4) is 11.5 Å². The van der Waals surface area contributed by atoms with Gasteiger partial charge >= 0.3 is 0 Å². The lowest BCUT2D eigenvalue weighted by Crippen LogP contribution is -2.27. The summed E-state index contributed by atoms with van der Waals surface area (Å²) >= 11 is 0. The van der Waals surface area contributed by atoms with Crippen molar-refractivity contribution in [2.45, 2.75) is 25.5 Å². The highest BCUT2D eigenvalue weighted by Gasteiger charge is 2.18. The first-order valence-corrected chi connectivity index (χ1v) is 9.45. The van der Waals surface area contributed by atoms with Crippen molar-refractivity contribution in [2.75, 3.05) is 17.6 Å². The second-order valence-electron chi connectivity index (χ2n) is 6.50. The number of halogens is 1. The normalized spacial score (nSPS) is 12.8. The van der Waals surface area contributed by atoms with Gasteiger partial charge < -0.3 is 15.8 Å². The van der Waals surface area contributed by atoms with Gasteiger partial charge in [-0.15, -0.1) is 24.0 Å². The number of guanidine groups is 1. The molecule has 1 unspecified atom stereocenters. The second-order valence-corrected chi connectivity index (χ2v) is 8.82. The molecule has 0 aromatic heterocycles. The standard InChI is InChI=1S/C19H25N3O2S.HI/c1-19(2,3)25(23)13-12-21-18(20)22-15-8-7-11-17(14-15)24-16-9-5-4-6-10-16;/h4-11,14H,12-13H2,1-3H3,(H3,20,21,22);1H. The number of ether oxygens (including phenoxy) is 1. The van der Waals surface area contributed by atoms with Gasteiger partial charge in [0.25, 0.3) is 0 Å². The van der Waals surface area contributed by atoms with Crippen LogP contribution in [0.25, 0.3) is 0 Å². The van der Waals surface area contributed by atoms with Crippen LogP contribution in [0.3, 0.4) is 0 Å². The number of benzene rings is 2. The number of hydrogen-bond donors (Lipinski definition) is 2. The van der Waals surface area contributed by atoms with Crippen molar-refractivity contribution >= 4 is 46.4 Å². The lowest BCUT2D eigenvalue weighted by molar-refractivity contribution is 0.483. The first-order valence-electron chi connectivity index (χ1n) is 8.13. The molecule has 142 valence electrons. The quantitative estimate of drug-likeness (QED) is 0.361. The van der Waals surface area contributed by atoms with Crippen LogP contribution in [-0.2, 0) is 10.8 Å². The highest BCUT2D eigenvalue weighted by molar-refractivity contribution is 14.0. The number of nitrogens with two attached hydrogens (primary N) is 1. The molecule has 5 nitrogen and oxygen atoms in total. The van der Waals surface area contributed by atoms with Gasteiger partial charge in [0.2, 0.25) is 0 Å². The fourth-order valence-electron chi connectivity index (χ4n) is 2.00. The number of nitrogens with zero attached hydrogens (tertiary/aromatic N) is 1. The maximum atomic E-state index is 12.0. The van der Waals surface area contributed by atoms with E-state index in [1.165, 1.54) is 0 Å². The zero-order valence-corrected chi connectivity index (χ0v) is 18.4. The van der Waals surface area contributed by atoms with Crippen LogP contribution in [-0.4, -0.2) is 27.2 Å². The Morgan fingerprint density at radius 1 is 1.12 bits per heavy atom. The Hall–Kier alpha value is -1.61. The van der Waals surface area contributed by atoms with E-state index in [9.17, 15) is 4.21 Å². The highest BCUT2D eigenvalue weighted by Crippen LogP contribution is 2.23. The maximum absolute atomic E-state index is 12.0. The van der Waals surface area contributed by atoms with E-state index in [0.29, 0.717) is 24.0 Å². The number of aliphatic imine (C=N–C) groups is 1. The minimum Gasteiger partial charge on any atom is -0.457 e. The fourth-order valence-corrected chi connectivity index (χ4v) is 2.87. The maximum Gasteiger partial charge on any atom is 0.193 e. The molecule has 0 radical (unpaired) electrons. The van der Waals surface area contributed by atoms with Crippen LogP contribution in [0.2, 0.25) is 0 Å². The van der Waals surface area contributed by atoms with E-state index in [4.69, 9.17) is 10.5 Å². The molecule has 0 heterocycles. The van der Waals surface area contributed by atoms with Gasteiger partial charge in [-0.2, -0.15) is 0 Å². The van der Waals surface area contributed by atoms with E-state index in [0.717, 1.165) is 11.4 Å². The third-order valence-corrected chi connectivity index (χ3v) is 5.25. The van der Waals surface area contributed by atoms with E-state index in [1.54, 1.807) is 0 Å². The predicted octanol–water partition coefficient (Wildman–Crippen LogP) is 4.37. The van der Waals surface area contributed by atoms with Gasteiger partial charge in [0.1, 0.15) is 11.5 Å². The summed E-state index contributed by atoms with van der Waals surface area (Å²) in [7, 11) is -0.937. The van der Waals surface area contributed by atoms with Crippen molar-refractivity contribution in [3.05, 3.63) is 54.6 Å². The molecule has 0 bridgehead atoms. The summed E-state index contributed by atoms with van der Waals surface area (Å²) in [6, 6.07) is 17.1. The minimum atomic E-state index is -0.937. The monoisotopic (exact) mass is 487 g/mol. The van der Waals surface area contributed by atoms with Crippen LogP contribution in [0.5, 0.6) is 11.5 Å². The summed E-state index contributed by atoms with van der Waals surface area (Å²) in [5.41, 5.74) is 6.69. The summed E-state index contributed by atoms with van der Waals surface area (Å²) < 4.78 is 17.5. The molecule has 0 spiro atoms. The van der Waals surface area contributed by atoms with Crippen LogP contribution >= 0.6 is 24.0 Å². The van der Waals surface area contributed by atoms with Crippen molar-refractivity contribution < 1.29 is 8.95 Å². The molecule has 3 N–H and O–H groups in total. The van der Waals surface area contributed by atoms with E-state index < -0.39 is 10.8 Å². The zero-order chi connectivity index (χ0) is 18.3. The molecule has 0 aliphatic rings. The zero-order valence-electron chi connectivity index (χ0n) is 15.3. The predicted molar refractivity (Wildman–Crippen MR) is 121 cm³/mol. The van der Waals surface area contributed by atoms with Gasteiger partial charge in [0.15, 0.2) is 5.96 Å². The fraction of sp³-hybridized carbons (Fsp3) is 0.316. The average Bonchev–Trinajstić information content (AvgIpc) is 2.55. The summed E-state index contributed by atoms with van der Waals surface area (Å²) in [5, 5.41) is 3.03. The molecular formula is C19H26IN3O2S. The molecule has 2 rings (SSSR count). The Balaban J connectivity index is 0.00000338.